The van der Waals surface area contributed by atoms with E-state index in [-0.39, 0.29) is 12.1 Å². The van der Waals surface area contributed by atoms with E-state index in [0.717, 1.165) is 0 Å². The third kappa shape index (κ3) is 2.25. The van der Waals surface area contributed by atoms with Crippen LogP contribution < -0.4 is 5.32 Å². The van der Waals surface area contributed by atoms with E-state index in [4.69, 9.17) is 27.9 Å². The van der Waals surface area contributed by atoms with E-state index in [0.29, 0.717) is 22.0 Å². The monoisotopic (exact) mass is 259 g/mol. The van der Waals surface area contributed by atoms with Crippen LogP contribution in [0, 0.1) is 0 Å². The van der Waals surface area contributed by atoms with E-state index in [1.54, 1.807) is 18.2 Å². The molecule has 1 aliphatic rings. The Bertz CT molecular complexity index is 402. The first-order valence-corrected chi connectivity index (χ1v) is 5.74. The van der Waals surface area contributed by atoms with Crippen LogP contribution in [0.1, 0.15) is 25.0 Å². The lowest BCUT2D eigenvalue weighted by Gasteiger charge is -2.29. The molecular formula is C11H11Cl2NO2. The van der Waals surface area contributed by atoms with Crippen LogP contribution in [0.25, 0.3) is 0 Å². The van der Waals surface area contributed by atoms with Crippen molar-refractivity contribution in [2.45, 2.75) is 25.5 Å². The van der Waals surface area contributed by atoms with Crippen molar-refractivity contribution in [3.63, 3.8) is 0 Å². The summed E-state index contributed by atoms with van der Waals surface area (Å²) in [7, 11) is 0. The molecule has 1 saturated heterocycles. The predicted octanol–water partition coefficient (Wildman–Crippen LogP) is 3.55. The van der Waals surface area contributed by atoms with E-state index >= 15 is 0 Å². The first-order valence-electron chi connectivity index (χ1n) is 4.99. The minimum absolute atomic E-state index is 0.0542. The number of carbonyl (C=O) groups is 1. The van der Waals surface area contributed by atoms with E-state index in [1.807, 2.05) is 6.92 Å². The minimum Gasteiger partial charge on any atom is -0.441 e. The van der Waals surface area contributed by atoms with Crippen LogP contribution in [0.2, 0.25) is 10.0 Å². The molecule has 86 valence electrons. The molecule has 1 unspecified atom stereocenters. The standard InChI is InChI=1S/C11H11Cl2NO2/c1-6-5-9(16-11(15)14-6)10-7(12)3-2-4-8(10)13/h2-4,6,9H,5H2,1H3,(H,14,15)/t6?,9-/m1/s1. The maximum Gasteiger partial charge on any atom is 0.407 e. The van der Waals surface area contributed by atoms with Crippen molar-refractivity contribution in [2.75, 3.05) is 0 Å². The smallest absolute Gasteiger partial charge is 0.407 e. The van der Waals surface area contributed by atoms with Gasteiger partial charge in [0.2, 0.25) is 0 Å². The van der Waals surface area contributed by atoms with Gasteiger partial charge < -0.3 is 10.1 Å². The van der Waals surface area contributed by atoms with Gasteiger partial charge in [-0.15, -0.1) is 0 Å². The zero-order valence-electron chi connectivity index (χ0n) is 8.67. The molecule has 1 heterocycles. The normalized spacial score (nSPS) is 24.8. The summed E-state index contributed by atoms with van der Waals surface area (Å²) < 4.78 is 5.19. The number of ether oxygens (including phenoxy) is 1. The Hall–Kier alpha value is -0.930. The molecule has 1 fully saturated rings. The Balaban J connectivity index is 2.33. The topological polar surface area (TPSA) is 38.3 Å². The van der Waals surface area contributed by atoms with Gasteiger partial charge in [0.05, 0.1) is 0 Å². The molecule has 0 spiro atoms. The summed E-state index contributed by atoms with van der Waals surface area (Å²) in [5.74, 6) is 0. The van der Waals surface area contributed by atoms with E-state index in [9.17, 15) is 4.79 Å². The van der Waals surface area contributed by atoms with Gasteiger partial charge in [0.15, 0.2) is 0 Å². The summed E-state index contributed by atoms with van der Waals surface area (Å²) in [6, 6.07) is 5.30. The number of halogens is 2. The molecular weight excluding hydrogens is 249 g/mol. The number of nitrogens with one attached hydrogen (secondary N) is 1. The number of amides is 1. The van der Waals surface area contributed by atoms with Crippen molar-refractivity contribution < 1.29 is 9.53 Å². The fourth-order valence-electron chi connectivity index (χ4n) is 1.79. The molecule has 16 heavy (non-hydrogen) atoms. The summed E-state index contributed by atoms with van der Waals surface area (Å²) in [5, 5.41) is 3.73. The molecule has 2 atom stereocenters. The summed E-state index contributed by atoms with van der Waals surface area (Å²) >= 11 is 12.1. The quantitative estimate of drug-likeness (QED) is 0.838. The molecule has 0 aromatic heterocycles. The van der Waals surface area contributed by atoms with Crippen molar-refractivity contribution in [1.29, 1.82) is 0 Å². The highest BCUT2D eigenvalue weighted by atomic mass is 35.5. The van der Waals surface area contributed by atoms with Gasteiger partial charge in [-0.25, -0.2) is 4.79 Å². The third-order valence-corrected chi connectivity index (χ3v) is 3.16. The van der Waals surface area contributed by atoms with Gasteiger partial charge in [0.25, 0.3) is 0 Å². The van der Waals surface area contributed by atoms with Crippen molar-refractivity contribution in [1.82, 2.24) is 5.32 Å². The van der Waals surface area contributed by atoms with Crippen LogP contribution in [-0.4, -0.2) is 12.1 Å². The molecule has 3 nitrogen and oxygen atoms in total. The summed E-state index contributed by atoms with van der Waals surface area (Å²) in [6.45, 7) is 1.91. The Morgan fingerprint density at radius 3 is 2.56 bits per heavy atom. The zero-order valence-corrected chi connectivity index (χ0v) is 10.2. The fourth-order valence-corrected chi connectivity index (χ4v) is 2.43. The molecule has 5 heteroatoms. The second-order valence-electron chi connectivity index (χ2n) is 3.81. The van der Waals surface area contributed by atoms with Crippen LogP contribution in [0.4, 0.5) is 4.79 Å². The summed E-state index contributed by atoms with van der Waals surface area (Å²) in [6.07, 6.45) is -0.139. The average Bonchev–Trinajstić information content (AvgIpc) is 2.15. The van der Waals surface area contributed by atoms with Gasteiger partial charge in [0.1, 0.15) is 6.10 Å². The highest BCUT2D eigenvalue weighted by molar-refractivity contribution is 6.36. The Morgan fingerprint density at radius 2 is 2.00 bits per heavy atom. The van der Waals surface area contributed by atoms with Crippen LogP contribution in [0.3, 0.4) is 0 Å². The highest BCUT2D eigenvalue weighted by Gasteiger charge is 2.29. The van der Waals surface area contributed by atoms with Gasteiger partial charge in [0, 0.05) is 28.1 Å². The minimum atomic E-state index is -0.431. The number of alkyl carbamates (subject to hydrolysis) is 1. The molecule has 0 aliphatic carbocycles. The Morgan fingerprint density at radius 1 is 1.38 bits per heavy atom. The fraction of sp³-hybridized carbons (Fsp3) is 0.364. The molecule has 0 radical (unpaired) electrons. The molecule has 1 aromatic carbocycles. The molecule has 1 amide bonds. The van der Waals surface area contributed by atoms with Gasteiger partial charge in [-0.05, 0) is 19.1 Å². The molecule has 1 aliphatic heterocycles. The Labute approximate surface area is 104 Å². The van der Waals surface area contributed by atoms with E-state index < -0.39 is 6.09 Å². The van der Waals surface area contributed by atoms with Crippen molar-refractivity contribution >= 4 is 29.3 Å². The Kier molecular flexibility index (Phi) is 3.26. The maximum absolute atomic E-state index is 11.3. The third-order valence-electron chi connectivity index (χ3n) is 2.50. The zero-order chi connectivity index (χ0) is 11.7. The number of hydrogen-bond acceptors (Lipinski definition) is 2. The summed E-state index contributed by atoms with van der Waals surface area (Å²) in [5.41, 5.74) is 0.688. The first kappa shape index (κ1) is 11.6. The van der Waals surface area contributed by atoms with E-state index in [2.05, 4.69) is 5.32 Å². The number of rotatable bonds is 1. The van der Waals surface area contributed by atoms with Crippen LogP contribution >= 0.6 is 23.2 Å². The average molecular weight is 260 g/mol. The number of cyclic esters (lactones) is 1. The maximum atomic E-state index is 11.3. The number of benzene rings is 1. The van der Waals surface area contributed by atoms with Crippen molar-refractivity contribution in [2.24, 2.45) is 0 Å². The second kappa shape index (κ2) is 4.52. The molecule has 1 N–H and O–H groups in total. The SMILES string of the molecule is CC1C[C@H](c2c(Cl)cccc2Cl)OC(=O)N1. The first-order chi connectivity index (χ1) is 7.58. The van der Waals surface area contributed by atoms with Crippen molar-refractivity contribution in [3.05, 3.63) is 33.8 Å². The van der Waals surface area contributed by atoms with Crippen LogP contribution in [0.15, 0.2) is 18.2 Å². The van der Waals surface area contributed by atoms with Crippen molar-refractivity contribution in [3.8, 4) is 0 Å². The molecule has 2 rings (SSSR count). The van der Waals surface area contributed by atoms with Gasteiger partial charge in [-0.2, -0.15) is 0 Å². The highest BCUT2D eigenvalue weighted by Crippen LogP contribution is 2.36. The molecule has 0 bridgehead atoms. The molecule has 1 aromatic rings. The predicted molar refractivity (Wildman–Crippen MR) is 62.9 cm³/mol. The lowest BCUT2D eigenvalue weighted by molar-refractivity contribution is 0.0612. The second-order valence-corrected chi connectivity index (χ2v) is 4.62. The van der Waals surface area contributed by atoms with Gasteiger partial charge in [-0.1, -0.05) is 29.3 Å². The largest absolute Gasteiger partial charge is 0.441 e. The van der Waals surface area contributed by atoms with E-state index in [1.165, 1.54) is 0 Å². The lowest BCUT2D eigenvalue weighted by atomic mass is 10.0. The van der Waals surface area contributed by atoms with Gasteiger partial charge in [-0.3, -0.25) is 0 Å². The number of hydrogen-bond donors (Lipinski definition) is 1. The lowest BCUT2D eigenvalue weighted by Crippen LogP contribution is -2.40. The van der Waals surface area contributed by atoms with Crippen LogP contribution in [0.5, 0.6) is 0 Å². The molecule has 0 saturated carbocycles. The number of carbonyl (C=O) groups excluding carboxylic acids is 1. The van der Waals surface area contributed by atoms with Crippen LogP contribution in [-0.2, 0) is 4.74 Å². The summed E-state index contributed by atoms with van der Waals surface area (Å²) in [4.78, 5) is 11.3. The van der Waals surface area contributed by atoms with Gasteiger partial charge >= 0.3 is 6.09 Å².